The number of rotatable bonds is 9. The van der Waals surface area contributed by atoms with E-state index in [0.717, 1.165) is 11.1 Å². The lowest BCUT2D eigenvalue weighted by Crippen LogP contribution is -2.61. The number of halogens is 1. The molecule has 1 aromatic heterocycles. The number of Topliss-reactive ketones (excluding diaryl/α,β-unsaturated/α-hetero) is 3. The van der Waals surface area contributed by atoms with E-state index >= 15 is 0 Å². The minimum Gasteiger partial charge on any atom is -0.460 e. The third-order valence-corrected chi connectivity index (χ3v) is 15.9. The van der Waals surface area contributed by atoms with Gasteiger partial charge in [-0.25, -0.2) is 9.59 Å². The van der Waals surface area contributed by atoms with Crippen LogP contribution in [0.5, 0.6) is 0 Å². The number of ether oxygens (including phenoxy) is 6. The monoisotopic (exact) mass is 1080 g/mol. The van der Waals surface area contributed by atoms with Crippen LogP contribution in [0.1, 0.15) is 131 Å². The molecule has 424 valence electrons. The number of fused-ring (bicyclic) bond motifs is 3. The van der Waals surface area contributed by atoms with Gasteiger partial charge in [0.05, 0.1) is 18.3 Å². The summed E-state index contributed by atoms with van der Waals surface area (Å²) >= 11 is 0. The summed E-state index contributed by atoms with van der Waals surface area (Å²) in [7, 11) is 4.51. The number of aliphatic hydroxyl groups excluding tert-OH is 1. The number of nitrogens with one attached hydrogen (secondary N) is 1. The summed E-state index contributed by atoms with van der Waals surface area (Å²) in [5.74, 6) is -8.36. The predicted molar refractivity (Wildman–Crippen MR) is 288 cm³/mol. The molecule has 17 nitrogen and oxygen atoms in total. The van der Waals surface area contributed by atoms with E-state index in [2.05, 4.69) is 10.3 Å². The van der Waals surface area contributed by atoms with Gasteiger partial charge in [0.15, 0.2) is 5.78 Å². The average Bonchev–Trinajstić information content (AvgIpc) is 3.40. The second-order valence-electron chi connectivity index (χ2n) is 21.7. The Kier molecular flexibility index (Phi) is 25.7. The van der Waals surface area contributed by atoms with Crippen LogP contribution in [0.25, 0.3) is 0 Å². The van der Waals surface area contributed by atoms with Crippen LogP contribution < -0.4 is 5.32 Å². The number of hydrogen-bond donors (Lipinski definition) is 3. The number of nitrogens with zero attached hydrogens (tertiary/aromatic N) is 2. The summed E-state index contributed by atoms with van der Waals surface area (Å²) in [4.78, 5) is 89.5. The zero-order valence-electron chi connectivity index (χ0n) is 46.4. The summed E-state index contributed by atoms with van der Waals surface area (Å²) < 4.78 is 35.7. The summed E-state index contributed by atoms with van der Waals surface area (Å²) in [6.45, 7) is 12.9. The Hall–Kier alpha value is -4.62. The Balaban J connectivity index is 0.0000125. The Morgan fingerprint density at radius 3 is 2.34 bits per heavy atom. The van der Waals surface area contributed by atoms with Gasteiger partial charge in [-0.2, -0.15) is 0 Å². The number of alkyl carbamates (subject to hydrolysis) is 1. The first-order chi connectivity index (χ1) is 35.7. The zero-order valence-corrected chi connectivity index (χ0v) is 47.2. The average molecular weight is 1080 g/mol. The molecule has 76 heavy (non-hydrogen) atoms. The first kappa shape index (κ1) is 63.9. The highest BCUT2D eigenvalue weighted by Gasteiger charge is 2.53. The highest BCUT2D eigenvalue weighted by Crippen LogP contribution is 2.38. The van der Waals surface area contributed by atoms with Gasteiger partial charge in [-0.1, -0.05) is 77.1 Å². The molecule has 1 aromatic rings. The van der Waals surface area contributed by atoms with Gasteiger partial charge in [-0.15, -0.1) is 12.4 Å². The Morgan fingerprint density at radius 2 is 1.66 bits per heavy atom. The predicted octanol–water partition coefficient (Wildman–Crippen LogP) is 7.93. The van der Waals surface area contributed by atoms with Crippen molar-refractivity contribution in [2.24, 2.45) is 35.5 Å². The number of hydrogen-bond acceptors (Lipinski definition) is 15. The van der Waals surface area contributed by atoms with Crippen LogP contribution in [-0.4, -0.2) is 138 Å². The van der Waals surface area contributed by atoms with Gasteiger partial charge in [0.1, 0.15) is 36.2 Å². The molecule has 2 amide bonds. The maximum atomic E-state index is 14.6. The minimum atomic E-state index is -2.46. The molecule has 2 saturated heterocycles. The molecule has 1 saturated carbocycles. The van der Waals surface area contributed by atoms with Crippen molar-refractivity contribution < 1.29 is 67.4 Å². The molecule has 18 heteroatoms. The molecule has 3 aliphatic heterocycles. The lowest BCUT2D eigenvalue weighted by Gasteiger charge is -2.42. The minimum absolute atomic E-state index is 0. The number of pyridine rings is 1. The number of piperidine rings is 1. The molecule has 2 bridgehead atoms. The van der Waals surface area contributed by atoms with Gasteiger partial charge in [-0.05, 0) is 119 Å². The van der Waals surface area contributed by atoms with Crippen molar-refractivity contribution in [1.29, 1.82) is 0 Å². The summed E-state index contributed by atoms with van der Waals surface area (Å²) in [6, 6.07) is 2.45. The third kappa shape index (κ3) is 17.4. The standard InChI is InChI=1S/C58H85N3O14.ClH/c1-35-17-12-11-13-18-36(2)48(70-8)31-44-23-21-41(7)58(69,75-44)54(65)55(66)61-26-15-14-20-45(61)56(67)73-49(32-46(62)37(3)28-40(6)52(64)53(72-10)51(63)39(5)27-35)38(4)29-42-22-24-47(50(30-42)71-9)74-57(68)60-34-43-19-16-25-59-33-43;/h11-13,16-19,25,28,33,35,37-39,41-42,44-45,47-50,52-53,64,69H,14-15,20-24,26-27,29-32,34H2,1-10H3,(H,60,68);1H/b13-11+,17-12-,36-18+,40-28+;/t35-,37-,38-,39-,41-,42?,44+,45+,47+,48+,49+,50+,52-,53+,58-;/m1./s1. The van der Waals surface area contributed by atoms with Crippen LogP contribution in [-0.2, 0) is 58.9 Å². The van der Waals surface area contributed by atoms with E-state index in [9.17, 15) is 39.0 Å². The van der Waals surface area contributed by atoms with Gasteiger partial charge in [-0.3, -0.25) is 24.2 Å². The number of carbonyl (C=O) groups excluding carboxylic acids is 6. The van der Waals surface area contributed by atoms with Crippen LogP contribution >= 0.6 is 12.4 Å². The van der Waals surface area contributed by atoms with Gasteiger partial charge in [0, 0.05) is 77.4 Å². The molecule has 4 aliphatic rings. The lowest BCUT2D eigenvalue weighted by atomic mass is 9.78. The fraction of sp³-hybridized carbons (Fsp3) is 0.672. The molecule has 0 spiro atoms. The SMILES string of the molecule is CO[C@H]1C[C@@H]2CC[C@@H](C)[C@@](O)(O2)C(=O)C(=O)N2CCCC[C@H]2C(=O)O[C@H]([C@H](C)CC2CC[C@H](OC(=O)NCc3cccnc3)[C@@H](OC)C2)CC(=O)[C@H](C)/C=C(\C)[C@@H](O)[C@@H](OC)C(=O)[C@H](C)C[C@H](C)\C=C/C=C/C=C/1C.Cl. The van der Waals surface area contributed by atoms with E-state index in [0.29, 0.717) is 69.8 Å². The molecule has 1 aliphatic carbocycles. The van der Waals surface area contributed by atoms with E-state index in [1.54, 1.807) is 59.5 Å². The highest BCUT2D eigenvalue weighted by molar-refractivity contribution is 6.39. The first-order valence-electron chi connectivity index (χ1n) is 27.0. The molecule has 15 atom stereocenters. The third-order valence-electron chi connectivity index (χ3n) is 15.9. The van der Waals surface area contributed by atoms with Crippen molar-refractivity contribution in [3.8, 4) is 0 Å². The van der Waals surface area contributed by atoms with Crippen molar-refractivity contribution in [3.05, 3.63) is 77.7 Å². The first-order valence-corrected chi connectivity index (χ1v) is 27.0. The van der Waals surface area contributed by atoms with Gasteiger partial charge < -0.3 is 48.9 Å². The fourth-order valence-electron chi connectivity index (χ4n) is 11.1. The maximum absolute atomic E-state index is 14.6. The topological polar surface area (TPSA) is 226 Å². The van der Waals surface area contributed by atoms with Crippen molar-refractivity contribution in [3.63, 3.8) is 0 Å². The molecule has 3 fully saturated rings. The molecule has 5 rings (SSSR count). The van der Waals surface area contributed by atoms with Crippen LogP contribution in [0.4, 0.5) is 4.79 Å². The Bertz CT molecular complexity index is 2220. The van der Waals surface area contributed by atoms with E-state index in [1.807, 2.05) is 64.1 Å². The molecule has 1 unspecified atom stereocenters. The van der Waals surface area contributed by atoms with E-state index in [-0.39, 0.29) is 61.7 Å². The largest absolute Gasteiger partial charge is 0.460 e. The van der Waals surface area contributed by atoms with Crippen molar-refractivity contribution in [2.75, 3.05) is 27.9 Å². The Labute approximate surface area is 456 Å². The van der Waals surface area contributed by atoms with Gasteiger partial charge in [0.2, 0.25) is 5.79 Å². The van der Waals surface area contributed by atoms with Crippen LogP contribution in [0.3, 0.4) is 0 Å². The fourth-order valence-corrected chi connectivity index (χ4v) is 11.1. The molecule has 3 N–H and O–H groups in total. The molecular weight excluding hydrogens is 998 g/mol. The summed E-state index contributed by atoms with van der Waals surface area (Å²) in [5, 5.41) is 26.3. The van der Waals surface area contributed by atoms with E-state index in [1.165, 1.54) is 12.0 Å². The van der Waals surface area contributed by atoms with Crippen molar-refractivity contribution in [1.82, 2.24) is 15.2 Å². The highest BCUT2D eigenvalue weighted by atomic mass is 35.5. The number of carbonyl (C=O) groups is 6. The number of esters is 1. The summed E-state index contributed by atoms with van der Waals surface area (Å²) in [5.41, 5.74) is 2.06. The van der Waals surface area contributed by atoms with Gasteiger partial charge in [0.25, 0.3) is 11.7 Å². The number of aromatic nitrogens is 1. The number of aliphatic hydroxyl groups is 2. The second kappa shape index (κ2) is 30.5. The quantitative estimate of drug-likeness (QED) is 0.121. The smallest absolute Gasteiger partial charge is 0.407 e. The van der Waals surface area contributed by atoms with Crippen LogP contribution in [0, 0.1) is 35.5 Å². The summed E-state index contributed by atoms with van der Waals surface area (Å²) in [6.07, 6.45) is 13.3. The van der Waals surface area contributed by atoms with Gasteiger partial charge >= 0.3 is 12.1 Å². The zero-order chi connectivity index (χ0) is 55.0. The maximum Gasteiger partial charge on any atom is 0.407 e. The number of methoxy groups -OCH3 is 3. The molecular formula is C58H86ClN3O14. The number of ketones is 3. The van der Waals surface area contributed by atoms with E-state index in [4.69, 9.17) is 28.4 Å². The molecule has 0 radical (unpaired) electrons. The number of cyclic esters (lactones) is 1. The lowest BCUT2D eigenvalue weighted by molar-refractivity contribution is -0.265. The van der Waals surface area contributed by atoms with Crippen LogP contribution in [0.2, 0.25) is 0 Å². The Morgan fingerprint density at radius 1 is 0.908 bits per heavy atom. The van der Waals surface area contributed by atoms with Crippen molar-refractivity contribution in [2.45, 2.75) is 187 Å². The number of allylic oxidation sites excluding steroid dienone is 6. The molecule has 0 aromatic carbocycles. The normalized spacial score (nSPS) is 35.9. The number of amides is 2. The molecule has 4 heterocycles. The second-order valence-corrected chi connectivity index (χ2v) is 21.7. The van der Waals surface area contributed by atoms with Crippen molar-refractivity contribution >= 4 is 47.7 Å². The van der Waals surface area contributed by atoms with Crippen LogP contribution in [0.15, 0.2) is 72.1 Å². The van der Waals surface area contributed by atoms with E-state index < -0.39 is 102 Å².